The normalized spacial score (nSPS) is 16.3. The molecule has 0 aromatic heterocycles. The van der Waals surface area contributed by atoms with Gasteiger partial charge in [0.15, 0.2) is 6.79 Å². The molecule has 0 N–H and O–H groups in total. The Morgan fingerprint density at radius 1 is 1.14 bits per heavy atom. The molecule has 1 amide bonds. The van der Waals surface area contributed by atoms with E-state index in [2.05, 4.69) is 53.7 Å². The van der Waals surface area contributed by atoms with Gasteiger partial charge in [0.25, 0.3) is 5.91 Å². The maximum atomic E-state index is 12.7. The first-order valence-corrected chi connectivity index (χ1v) is 10.4. The molecule has 29 heavy (non-hydrogen) atoms. The SMILES string of the molecule is COCOc1c(C(C)(C)C)cc(C=C2SC=CN(CC#N)C2=O)cc1C(C)(C)C. The summed E-state index contributed by atoms with van der Waals surface area (Å²) < 4.78 is 11.2. The summed E-state index contributed by atoms with van der Waals surface area (Å²) >= 11 is 1.37. The van der Waals surface area contributed by atoms with Crippen molar-refractivity contribution in [3.63, 3.8) is 0 Å². The summed E-state index contributed by atoms with van der Waals surface area (Å²) in [6, 6.07) is 6.18. The second-order valence-corrected chi connectivity index (χ2v) is 9.95. The molecule has 6 heteroatoms. The van der Waals surface area contributed by atoms with E-state index >= 15 is 0 Å². The Hall–Kier alpha value is -2.23. The van der Waals surface area contributed by atoms with Crippen molar-refractivity contribution < 1.29 is 14.3 Å². The molecule has 156 valence electrons. The van der Waals surface area contributed by atoms with Crippen molar-refractivity contribution in [2.75, 3.05) is 20.4 Å². The highest BCUT2D eigenvalue weighted by Crippen LogP contribution is 2.41. The second-order valence-electron chi connectivity index (χ2n) is 9.00. The molecule has 2 rings (SSSR count). The van der Waals surface area contributed by atoms with Crippen molar-refractivity contribution in [1.82, 2.24) is 4.90 Å². The summed E-state index contributed by atoms with van der Waals surface area (Å²) in [5, 5.41) is 10.8. The van der Waals surface area contributed by atoms with E-state index in [1.54, 1.807) is 13.3 Å². The summed E-state index contributed by atoms with van der Waals surface area (Å²) in [6.07, 6.45) is 3.54. The van der Waals surface area contributed by atoms with Crippen LogP contribution in [0, 0.1) is 11.3 Å². The average molecular weight is 415 g/mol. The molecule has 0 fully saturated rings. The Morgan fingerprint density at radius 3 is 2.21 bits per heavy atom. The topological polar surface area (TPSA) is 62.6 Å². The highest BCUT2D eigenvalue weighted by molar-refractivity contribution is 8.06. The van der Waals surface area contributed by atoms with E-state index in [0.29, 0.717) is 4.91 Å². The fourth-order valence-electron chi connectivity index (χ4n) is 3.01. The van der Waals surface area contributed by atoms with Crippen molar-refractivity contribution in [3.8, 4) is 11.8 Å². The Bertz CT molecular complexity index is 833. The van der Waals surface area contributed by atoms with Crippen LogP contribution in [0.4, 0.5) is 0 Å². The van der Waals surface area contributed by atoms with Crippen molar-refractivity contribution in [1.29, 1.82) is 5.26 Å². The Labute approximate surface area is 178 Å². The van der Waals surface area contributed by atoms with Gasteiger partial charge in [0.05, 0.1) is 11.0 Å². The highest BCUT2D eigenvalue weighted by atomic mass is 32.2. The van der Waals surface area contributed by atoms with E-state index in [1.807, 2.05) is 17.6 Å². The van der Waals surface area contributed by atoms with Gasteiger partial charge in [-0.05, 0) is 40.0 Å². The largest absolute Gasteiger partial charge is 0.467 e. The molecule has 1 heterocycles. The monoisotopic (exact) mass is 414 g/mol. The minimum absolute atomic E-state index is 0.0392. The molecule has 0 atom stereocenters. The van der Waals surface area contributed by atoms with Gasteiger partial charge in [-0.2, -0.15) is 5.26 Å². The first-order valence-electron chi connectivity index (χ1n) is 9.52. The van der Waals surface area contributed by atoms with Crippen LogP contribution in [0.2, 0.25) is 0 Å². The molecule has 0 spiro atoms. The molecule has 1 aromatic carbocycles. The second kappa shape index (κ2) is 9.06. The van der Waals surface area contributed by atoms with Gasteiger partial charge in [-0.3, -0.25) is 4.79 Å². The molecule has 0 bridgehead atoms. The van der Waals surface area contributed by atoms with Gasteiger partial charge in [-0.1, -0.05) is 53.3 Å². The minimum Gasteiger partial charge on any atom is -0.467 e. The van der Waals surface area contributed by atoms with Crippen LogP contribution in [0.3, 0.4) is 0 Å². The van der Waals surface area contributed by atoms with Crippen LogP contribution < -0.4 is 4.74 Å². The molecule has 0 unspecified atom stereocenters. The number of thioether (sulfide) groups is 1. The van der Waals surface area contributed by atoms with E-state index < -0.39 is 0 Å². The summed E-state index contributed by atoms with van der Waals surface area (Å²) in [5.41, 5.74) is 2.74. The number of hydrogen-bond acceptors (Lipinski definition) is 5. The van der Waals surface area contributed by atoms with E-state index in [4.69, 9.17) is 14.7 Å². The van der Waals surface area contributed by atoms with Gasteiger partial charge in [0.1, 0.15) is 12.3 Å². The first kappa shape index (κ1) is 23.1. The molecule has 1 aliphatic heterocycles. The summed E-state index contributed by atoms with van der Waals surface area (Å²) in [6.45, 7) is 13.1. The third-order valence-corrected chi connectivity index (χ3v) is 5.30. The number of benzene rings is 1. The maximum Gasteiger partial charge on any atom is 0.265 e. The molecule has 0 saturated carbocycles. The number of nitrogens with zero attached hydrogens (tertiary/aromatic N) is 2. The van der Waals surface area contributed by atoms with Gasteiger partial charge in [0, 0.05) is 24.4 Å². The lowest BCUT2D eigenvalue weighted by Crippen LogP contribution is -2.28. The van der Waals surface area contributed by atoms with Crippen LogP contribution in [-0.2, 0) is 20.4 Å². The number of nitriles is 1. The number of amides is 1. The lowest BCUT2D eigenvalue weighted by Gasteiger charge is -2.30. The number of carbonyl (C=O) groups is 1. The van der Waals surface area contributed by atoms with Gasteiger partial charge in [-0.15, -0.1) is 0 Å². The van der Waals surface area contributed by atoms with Crippen LogP contribution in [0.25, 0.3) is 6.08 Å². The third-order valence-electron chi connectivity index (χ3n) is 4.49. The van der Waals surface area contributed by atoms with Gasteiger partial charge < -0.3 is 14.4 Å². The molecular weight excluding hydrogens is 384 g/mol. The van der Waals surface area contributed by atoms with Crippen LogP contribution in [-0.4, -0.2) is 31.3 Å². The smallest absolute Gasteiger partial charge is 0.265 e. The number of ether oxygens (including phenoxy) is 2. The lowest BCUT2D eigenvalue weighted by atomic mass is 9.78. The number of carbonyl (C=O) groups excluding carboxylic acids is 1. The molecule has 1 aliphatic rings. The van der Waals surface area contributed by atoms with E-state index in [0.717, 1.165) is 22.4 Å². The van der Waals surface area contributed by atoms with E-state index in [9.17, 15) is 4.79 Å². The predicted octanol–water partition coefficient (Wildman–Crippen LogP) is 5.18. The molecule has 0 saturated heterocycles. The summed E-state index contributed by atoms with van der Waals surface area (Å²) in [4.78, 5) is 14.7. The van der Waals surface area contributed by atoms with Crippen LogP contribution in [0.1, 0.15) is 58.2 Å². The fraction of sp³-hybridized carbons (Fsp3) is 0.478. The molecule has 5 nitrogen and oxygen atoms in total. The highest BCUT2D eigenvalue weighted by Gasteiger charge is 2.28. The minimum atomic E-state index is -0.159. The van der Waals surface area contributed by atoms with E-state index in [-0.39, 0.29) is 30.1 Å². The first-order chi connectivity index (χ1) is 13.5. The summed E-state index contributed by atoms with van der Waals surface area (Å²) in [5.74, 6) is 0.677. The molecule has 1 aromatic rings. The average Bonchev–Trinajstić information content (AvgIpc) is 2.62. The van der Waals surface area contributed by atoms with Gasteiger partial charge in [-0.25, -0.2) is 0 Å². The zero-order valence-corrected chi connectivity index (χ0v) is 19.1. The molecule has 0 radical (unpaired) electrons. The van der Waals surface area contributed by atoms with Crippen molar-refractivity contribution in [2.24, 2.45) is 0 Å². The Morgan fingerprint density at radius 2 is 1.72 bits per heavy atom. The molecule has 0 aliphatic carbocycles. The maximum absolute atomic E-state index is 12.7. The van der Waals surface area contributed by atoms with Gasteiger partial charge in [0.2, 0.25) is 0 Å². The molecular formula is C23H30N2O3S. The fourth-order valence-corrected chi connectivity index (χ4v) is 3.78. The Kier molecular flexibility index (Phi) is 7.20. The van der Waals surface area contributed by atoms with Crippen LogP contribution >= 0.6 is 11.8 Å². The van der Waals surface area contributed by atoms with Crippen molar-refractivity contribution in [3.05, 3.63) is 45.3 Å². The lowest BCUT2D eigenvalue weighted by molar-refractivity contribution is -0.123. The zero-order valence-electron chi connectivity index (χ0n) is 18.3. The van der Waals surface area contributed by atoms with Crippen LogP contribution in [0.15, 0.2) is 28.6 Å². The number of methoxy groups -OCH3 is 1. The van der Waals surface area contributed by atoms with Crippen LogP contribution in [0.5, 0.6) is 5.75 Å². The predicted molar refractivity (Wildman–Crippen MR) is 118 cm³/mol. The van der Waals surface area contributed by atoms with E-state index in [1.165, 1.54) is 16.7 Å². The Balaban J connectivity index is 2.63. The van der Waals surface area contributed by atoms with Crippen molar-refractivity contribution in [2.45, 2.75) is 52.4 Å². The number of rotatable bonds is 5. The quantitative estimate of drug-likeness (QED) is 0.378. The third kappa shape index (κ3) is 5.65. The standard InChI is InChI=1S/C23H30N2O3S/c1-22(2,3)17-12-16(13-18(23(4,5)6)20(17)28-15-27-7)14-19-21(26)25(9-8-24)10-11-29-19/h10-14H,9,15H2,1-7H3. The van der Waals surface area contributed by atoms with Crippen molar-refractivity contribution >= 4 is 23.7 Å². The zero-order chi connectivity index (χ0) is 21.8. The van der Waals surface area contributed by atoms with Gasteiger partial charge >= 0.3 is 0 Å². The number of hydrogen-bond donors (Lipinski definition) is 0. The summed E-state index contributed by atoms with van der Waals surface area (Å²) in [7, 11) is 1.61.